The highest BCUT2D eigenvalue weighted by Gasteiger charge is 2.31. The van der Waals surface area contributed by atoms with Crippen LogP contribution in [0, 0.1) is 0 Å². The van der Waals surface area contributed by atoms with Crippen molar-refractivity contribution in [3.63, 3.8) is 0 Å². The molecule has 0 radical (unpaired) electrons. The number of rotatable bonds is 8. The third-order valence-electron chi connectivity index (χ3n) is 5.69. The molecule has 0 aliphatic carbocycles. The molecule has 0 saturated carbocycles. The molecule has 3 aromatic rings. The van der Waals surface area contributed by atoms with Gasteiger partial charge < -0.3 is 0 Å². The Morgan fingerprint density at radius 2 is 1.35 bits per heavy atom. The molecule has 1 aromatic heterocycles. The minimum absolute atomic E-state index is 0.0492. The molecule has 1 aliphatic rings. The zero-order chi connectivity index (χ0) is 24.3. The molecule has 1 saturated heterocycles. The highest BCUT2D eigenvalue weighted by atomic mass is 32.3. The number of hydrogen-bond donors (Lipinski definition) is 0. The van der Waals surface area contributed by atoms with Gasteiger partial charge in [0.1, 0.15) is 0 Å². The lowest BCUT2D eigenvalue weighted by Crippen LogP contribution is -2.47. The molecule has 182 valence electrons. The number of hydrogen-bond acceptors (Lipinski definition) is 8. The lowest BCUT2D eigenvalue weighted by Gasteiger charge is -2.39. The van der Waals surface area contributed by atoms with Gasteiger partial charge in [-0.15, -0.1) is 15.0 Å². The Hall–Kier alpha value is -2.31. The number of nitrogens with zero attached hydrogens (tertiary/aromatic N) is 4. The Bertz CT molecular complexity index is 1230. The molecule has 4 rings (SSSR count). The lowest BCUT2D eigenvalue weighted by molar-refractivity contribution is 0.104. The first kappa shape index (κ1) is 24.8. The van der Waals surface area contributed by atoms with Crippen molar-refractivity contribution < 1.29 is 16.8 Å². The van der Waals surface area contributed by atoms with Crippen LogP contribution < -0.4 is 3.71 Å². The Morgan fingerprint density at radius 1 is 0.853 bits per heavy atom. The third-order valence-corrected chi connectivity index (χ3v) is 9.97. The van der Waals surface area contributed by atoms with Crippen LogP contribution in [-0.2, 0) is 26.6 Å². The first-order chi connectivity index (χ1) is 16.1. The van der Waals surface area contributed by atoms with Gasteiger partial charge in [-0.05, 0) is 11.1 Å². The Labute approximate surface area is 205 Å². The van der Waals surface area contributed by atoms with Gasteiger partial charge in [0.2, 0.25) is 25.2 Å². The van der Waals surface area contributed by atoms with Gasteiger partial charge in [-0.25, -0.2) is 21.8 Å². The van der Waals surface area contributed by atoms with E-state index < -0.39 is 20.0 Å². The van der Waals surface area contributed by atoms with E-state index in [1.54, 1.807) is 5.38 Å². The second-order valence-electron chi connectivity index (χ2n) is 8.38. The summed E-state index contributed by atoms with van der Waals surface area (Å²) in [6.45, 7) is 3.91. The van der Waals surface area contributed by atoms with E-state index in [2.05, 4.69) is 63.3 Å². The first-order valence-electron chi connectivity index (χ1n) is 10.8. The molecule has 0 spiro atoms. The molecule has 1 fully saturated rings. The minimum atomic E-state index is -3.99. The molecule has 2 heterocycles. The van der Waals surface area contributed by atoms with Crippen LogP contribution >= 0.6 is 11.3 Å². The number of benzene rings is 2. The Kier molecular flexibility index (Phi) is 7.39. The molecular weight excluding hydrogens is 492 g/mol. The van der Waals surface area contributed by atoms with Crippen molar-refractivity contribution in [2.24, 2.45) is 0 Å². The summed E-state index contributed by atoms with van der Waals surface area (Å²) in [6, 6.07) is 21.2. The second kappa shape index (κ2) is 10.1. The van der Waals surface area contributed by atoms with E-state index in [0.717, 1.165) is 50.0 Å². The molecule has 8 nitrogen and oxygen atoms in total. The lowest BCUT2D eigenvalue weighted by atomic mass is 9.96. The predicted molar refractivity (Wildman–Crippen MR) is 136 cm³/mol. The average Bonchev–Trinajstić information content (AvgIpc) is 3.22. The zero-order valence-corrected chi connectivity index (χ0v) is 21.6. The molecule has 34 heavy (non-hydrogen) atoms. The molecular formula is C23H28N4O4S3. The fraction of sp³-hybridized carbons (Fsp3) is 0.348. The molecule has 0 bridgehead atoms. The van der Waals surface area contributed by atoms with E-state index in [1.165, 1.54) is 11.1 Å². The van der Waals surface area contributed by atoms with E-state index >= 15 is 0 Å². The number of piperazine rings is 1. The monoisotopic (exact) mass is 520 g/mol. The minimum Gasteiger partial charge on any atom is -0.295 e. The maximum Gasteiger partial charge on any atom is 0.247 e. The Balaban J connectivity index is 1.45. The van der Waals surface area contributed by atoms with Gasteiger partial charge in [-0.3, -0.25) is 9.80 Å². The SMILES string of the molecule is CS(=O)(=O)N(c1nc(CN2CCN(C(c3ccccc3)c3ccccc3)CC2)cs1)S(C)(=O)=O. The van der Waals surface area contributed by atoms with E-state index in [4.69, 9.17) is 0 Å². The standard InChI is InChI=1S/C23H28N4O4S3/c1-33(28,29)27(34(2,30)31)23-24-21(18-32-23)17-25-13-15-26(16-14-25)22(19-9-5-3-6-10-19)20-11-7-4-8-12-20/h3-12,18,22H,13-17H2,1-2H3. The largest absolute Gasteiger partial charge is 0.295 e. The fourth-order valence-electron chi connectivity index (χ4n) is 4.28. The fourth-order valence-corrected chi connectivity index (χ4v) is 8.59. The molecule has 0 unspecified atom stereocenters. The molecule has 0 atom stereocenters. The van der Waals surface area contributed by atoms with Crippen molar-refractivity contribution in [2.45, 2.75) is 12.6 Å². The summed E-state index contributed by atoms with van der Waals surface area (Å²) in [4.78, 5) is 9.05. The number of thiazole rings is 1. The predicted octanol–water partition coefficient (Wildman–Crippen LogP) is 2.78. The van der Waals surface area contributed by atoms with Crippen LogP contribution in [-0.4, -0.2) is 70.3 Å². The third kappa shape index (κ3) is 5.84. The van der Waals surface area contributed by atoms with Gasteiger partial charge in [-0.1, -0.05) is 60.7 Å². The van der Waals surface area contributed by atoms with Crippen LogP contribution in [0.15, 0.2) is 66.0 Å². The number of anilines is 1. The smallest absolute Gasteiger partial charge is 0.247 e. The van der Waals surface area contributed by atoms with Crippen LogP contribution in [0.4, 0.5) is 5.13 Å². The summed E-state index contributed by atoms with van der Waals surface area (Å²) < 4.78 is 48.4. The van der Waals surface area contributed by atoms with Crippen LogP contribution in [0.3, 0.4) is 0 Å². The van der Waals surface area contributed by atoms with Crippen molar-refractivity contribution in [2.75, 3.05) is 42.4 Å². The van der Waals surface area contributed by atoms with Gasteiger partial charge in [-0.2, -0.15) is 0 Å². The molecule has 1 aliphatic heterocycles. The Morgan fingerprint density at radius 3 is 1.82 bits per heavy atom. The normalized spacial score (nSPS) is 16.1. The van der Waals surface area contributed by atoms with Crippen molar-refractivity contribution >= 4 is 36.5 Å². The second-order valence-corrected chi connectivity index (χ2v) is 13.1. The van der Waals surface area contributed by atoms with Crippen LogP contribution in [0.1, 0.15) is 22.9 Å². The summed E-state index contributed by atoms with van der Waals surface area (Å²) in [5.74, 6) is 0. The first-order valence-corrected chi connectivity index (χ1v) is 15.4. The maximum atomic E-state index is 12.0. The molecule has 0 amide bonds. The van der Waals surface area contributed by atoms with Gasteiger partial charge >= 0.3 is 0 Å². The molecule has 0 N–H and O–H groups in total. The van der Waals surface area contributed by atoms with Crippen molar-refractivity contribution in [1.29, 1.82) is 0 Å². The van der Waals surface area contributed by atoms with Gasteiger partial charge in [0.05, 0.1) is 24.2 Å². The summed E-state index contributed by atoms with van der Waals surface area (Å²) in [5.41, 5.74) is 3.18. The maximum absolute atomic E-state index is 12.0. The van der Waals surface area contributed by atoms with Crippen LogP contribution in [0.2, 0.25) is 0 Å². The van der Waals surface area contributed by atoms with E-state index in [-0.39, 0.29) is 11.2 Å². The van der Waals surface area contributed by atoms with Crippen LogP contribution in [0.25, 0.3) is 0 Å². The average molecular weight is 521 g/mol. The molecule has 2 aromatic carbocycles. The topological polar surface area (TPSA) is 90.9 Å². The van der Waals surface area contributed by atoms with E-state index in [1.807, 2.05) is 12.1 Å². The highest BCUT2D eigenvalue weighted by Crippen LogP contribution is 2.30. The summed E-state index contributed by atoms with van der Waals surface area (Å²) >= 11 is 1.02. The number of aromatic nitrogens is 1. The quantitative estimate of drug-likeness (QED) is 0.451. The van der Waals surface area contributed by atoms with Crippen molar-refractivity contribution in [3.8, 4) is 0 Å². The van der Waals surface area contributed by atoms with E-state index in [0.29, 0.717) is 15.9 Å². The van der Waals surface area contributed by atoms with Crippen molar-refractivity contribution in [1.82, 2.24) is 14.8 Å². The van der Waals surface area contributed by atoms with Gasteiger partial charge in [0.15, 0.2) is 0 Å². The van der Waals surface area contributed by atoms with Gasteiger partial charge in [0.25, 0.3) is 0 Å². The summed E-state index contributed by atoms with van der Waals surface area (Å²) in [7, 11) is -7.98. The molecule has 11 heteroatoms. The zero-order valence-electron chi connectivity index (χ0n) is 19.1. The van der Waals surface area contributed by atoms with Crippen molar-refractivity contribution in [3.05, 3.63) is 82.9 Å². The summed E-state index contributed by atoms with van der Waals surface area (Å²) in [5, 5.41) is 1.67. The highest BCUT2D eigenvalue weighted by molar-refractivity contribution is 8.09. The van der Waals surface area contributed by atoms with E-state index in [9.17, 15) is 16.8 Å². The summed E-state index contributed by atoms with van der Waals surface area (Å²) in [6.07, 6.45) is 1.73. The number of sulfonamides is 2. The van der Waals surface area contributed by atoms with Gasteiger partial charge in [0, 0.05) is 38.1 Å². The van der Waals surface area contributed by atoms with Crippen LogP contribution in [0.5, 0.6) is 0 Å².